The smallest absolute Gasteiger partial charge is 0.144 e. The molecule has 0 bridgehead atoms. The summed E-state index contributed by atoms with van der Waals surface area (Å²) < 4.78 is 5.24. The lowest BCUT2D eigenvalue weighted by molar-refractivity contribution is 0.419. The molecule has 0 aliphatic carbocycles. The van der Waals surface area contributed by atoms with Gasteiger partial charge in [0.2, 0.25) is 0 Å². The van der Waals surface area contributed by atoms with Crippen LogP contribution in [-0.4, -0.2) is 12.1 Å². The Labute approximate surface area is 77.5 Å². The third kappa shape index (κ3) is 1.28. The average molecular weight is 175 g/mol. The van der Waals surface area contributed by atoms with Crippen LogP contribution >= 0.6 is 0 Å². The molecule has 0 amide bonds. The summed E-state index contributed by atoms with van der Waals surface area (Å²) in [5, 5.41) is 1.17. The first-order valence-corrected chi connectivity index (χ1v) is 4.49. The lowest BCUT2D eigenvalue weighted by Gasteiger charge is -1.98. The van der Waals surface area contributed by atoms with Gasteiger partial charge in [-0.2, -0.15) is 0 Å². The van der Waals surface area contributed by atoms with Gasteiger partial charge >= 0.3 is 0 Å². The molecule has 0 aliphatic rings. The maximum atomic E-state index is 5.24. The number of ether oxygens (including phenoxy) is 1. The van der Waals surface area contributed by atoms with E-state index in [2.05, 4.69) is 30.1 Å². The largest absolute Gasteiger partial charge is 0.495 e. The Morgan fingerprint density at radius 2 is 2.23 bits per heavy atom. The van der Waals surface area contributed by atoms with Gasteiger partial charge in [0.1, 0.15) is 5.75 Å². The van der Waals surface area contributed by atoms with E-state index in [9.17, 15) is 0 Å². The van der Waals surface area contributed by atoms with Gasteiger partial charge in [-0.05, 0) is 24.1 Å². The van der Waals surface area contributed by atoms with E-state index in [1.165, 1.54) is 10.9 Å². The minimum Gasteiger partial charge on any atom is -0.495 e. The van der Waals surface area contributed by atoms with Crippen molar-refractivity contribution < 1.29 is 4.74 Å². The molecule has 0 atom stereocenters. The third-order valence-electron chi connectivity index (χ3n) is 2.34. The molecule has 2 heteroatoms. The minimum atomic E-state index is 0.922. The molecule has 2 rings (SSSR count). The number of aromatic amines is 1. The van der Waals surface area contributed by atoms with Crippen LogP contribution in [0.5, 0.6) is 5.75 Å². The predicted molar refractivity (Wildman–Crippen MR) is 54.2 cm³/mol. The molecular formula is C11H13NO. The number of benzene rings is 1. The number of hydrogen-bond donors (Lipinski definition) is 1. The third-order valence-corrected chi connectivity index (χ3v) is 2.34. The molecule has 1 N–H and O–H groups in total. The van der Waals surface area contributed by atoms with Crippen molar-refractivity contribution in [2.75, 3.05) is 7.11 Å². The highest BCUT2D eigenvalue weighted by Crippen LogP contribution is 2.25. The van der Waals surface area contributed by atoms with Crippen LogP contribution in [0.2, 0.25) is 0 Å². The number of methoxy groups -OCH3 is 1. The van der Waals surface area contributed by atoms with E-state index in [0.29, 0.717) is 0 Å². The lowest BCUT2D eigenvalue weighted by atomic mass is 10.1. The molecular weight excluding hydrogens is 162 g/mol. The van der Waals surface area contributed by atoms with Crippen LogP contribution in [0.4, 0.5) is 0 Å². The number of aromatic nitrogens is 1. The van der Waals surface area contributed by atoms with Gasteiger partial charge in [0.15, 0.2) is 0 Å². The van der Waals surface area contributed by atoms with Crippen LogP contribution in [-0.2, 0) is 6.42 Å². The van der Waals surface area contributed by atoms with E-state index in [1.807, 2.05) is 6.20 Å². The van der Waals surface area contributed by atoms with E-state index in [1.54, 1.807) is 7.11 Å². The zero-order valence-corrected chi connectivity index (χ0v) is 7.92. The van der Waals surface area contributed by atoms with Crippen molar-refractivity contribution in [2.24, 2.45) is 0 Å². The standard InChI is InChI=1S/C11H13NO/c1-3-8-4-5-10-9(6-8)11(13-2)7-12-10/h4-7,12H,3H2,1-2H3. The van der Waals surface area contributed by atoms with Gasteiger partial charge in [-0.15, -0.1) is 0 Å². The number of nitrogens with one attached hydrogen (secondary N) is 1. The Morgan fingerprint density at radius 3 is 2.92 bits per heavy atom. The van der Waals surface area contributed by atoms with Gasteiger partial charge in [0, 0.05) is 17.1 Å². The van der Waals surface area contributed by atoms with E-state index in [0.717, 1.165) is 17.7 Å². The molecule has 68 valence electrons. The van der Waals surface area contributed by atoms with Crippen LogP contribution in [0.1, 0.15) is 12.5 Å². The summed E-state index contributed by atoms with van der Waals surface area (Å²) in [7, 11) is 1.70. The van der Waals surface area contributed by atoms with Gasteiger partial charge in [0.05, 0.1) is 7.11 Å². The fraction of sp³-hybridized carbons (Fsp3) is 0.273. The van der Waals surface area contributed by atoms with Gasteiger partial charge in [0.25, 0.3) is 0 Å². The zero-order chi connectivity index (χ0) is 9.26. The van der Waals surface area contributed by atoms with Crippen molar-refractivity contribution in [1.29, 1.82) is 0 Å². The fourth-order valence-electron chi connectivity index (χ4n) is 1.53. The quantitative estimate of drug-likeness (QED) is 0.745. The van der Waals surface area contributed by atoms with Crippen molar-refractivity contribution in [3.8, 4) is 5.75 Å². The summed E-state index contributed by atoms with van der Waals surface area (Å²) in [4.78, 5) is 3.17. The number of rotatable bonds is 2. The Kier molecular flexibility index (Phi) is 1.97. The molecule has 0 saturated carbocycles. The van der Waals surface area contributed by atoms with E-state index in [-0.39, 0.29) is 0 Å². The van der Waals surface area contributed by atoms with Crippen molar-refractivity contribution in [2.45, 2.75) is 13.3 Å². The van der Waals surface area contributed by atoms with Crippen molar-refractivity contribution >= 4 is 10.9 Å². The second kappa shape index (κ2) is 3.13. The number of hydrogen-bond acceptors (Lipinski definition) is 1. The number of fused-ring (bicyclic) bond motifs is 1. The molecule has 0 unspecified atom stereocenters. The molecule has 0 spiro atoms. The van der Waals surface area contributed by atoms with Gasteiger partial charge in [-0.25, -0.2) is 0 Å². The lowest BCUT2D eigenvalue weighted by Crippen LogP contribution is -1.81. The minimum absolute atomic E-state index is 0.922. The predicted octanol–water partition coefficient (Wildman–Crippen LogP) is 2.74. The van der Waals surface area contributed by atoms with E-state index in [4.69, 9.17) is 4.74 Å². The van der Waals surface area contributed by atoms with Crippen LogP contribution in [0, 0.1) is 0 Å². The Bertz CT molecular complexity index is 417. The first-order chi connectivity index (χ1) is 6.35. The summed E-state index contributed by atoms with van der Waals surface area (Å²) in [6.07, 6.45) is 2.95. The Balaban J connectivity index is 2.64. The fourth-order valence-corrected chi connectivity index (χ4v) is 1.53. The summed E-state index contributed by atoms with van der Waals surface area (Å²) in [6.45, 7) is 2.15. The Morgan fingerprint density at radius 1 is 1.38 bits per heavy atom. The molecule has 1 aromatic carbocycles. The summed E-state index contributed by atoms with van der Waals surface area (Å²) in [5.74, 6) is 0.922. The van der Waals surface area contributed by atoms with Gasteiger partial charge in [-0.1, -0.05) is 13.0 Å². The second-order valence-electron chi connectivity index (χ2n) is 3.09. The first kappa shape index (κ1) is 8.17. The molecule has 0 fully saturated rings. The molecule has 0 radical (unpaired) electrons. The molecule has 0 saturated heterocycles. The van der Waals surface area contributed by atoms with E-state index >= 15 is 0 Å². The van der Waals surface area contributed by atoms with Gasteiger partial charge < -0.3 is 9.72 Å². The molecule has 2 aromatic rings. The molecule has 1 heterocycles. The Hall–Kier alpha value is -1.44. The molecule has 2 nitrogen and oxygen atoms in total. The van der Waals surface area contributed by atoms with Crippen molar-refractivity contribution in [1.82, 2.24) is 4.98 Å². The molecule has 1 aromatic heterocycles. The maximum absolute atomic E-state index is 5.24. The maximum Gasteiger partial charge on any atom is 0.144 e. The van der Waals surface area contributed by atoms with E-state index < -0.39 is 0 Å². The second-order valence-corrected chi connectivity index (χ2v) is 3.09. The average Bonchev–Trinajstić information content (AvgIpc) is 2.59. The van der Waals surface area contributed by atoms with Crippen molar-refractivity contribution in [3.05, 3.63) is 30.0 Å². The highest BCUT2D eigenvalue weighted by atomic mass is 16.5. The van der Waals surface area contributed by atoms with Crippen LogP contribution < -0.4 is 4.74 Å². The first-order valence-electron chi connectivity index (χ1n) is 4.49. The topological polar surface area (TPSA) is 25.0 Å². The van der Waals surface area contributed by atoms with Crippen LogP contribution in [0.3, 0.4) is 0 Å². The van der Waals surface area contributed by atoms with Crippen molar-refractivity contribution in [3.63, 3.8) is 0 Å². The zero-order valence-electron chi connectivity index (χ0n) is 7.92. The van der Waals surface area contributed by atoms with Gasteiger partial charge in [-0.3, -0.25) is 0 Å². The summed E-state index contributed by atoms with van der Waals surface area (Å²) >= 11 is 0. The molecule has 0 aliphatic heterocycles. The normalized spacial score (nSPS) is 10.6. The highest BCUT2D eigenvalue weighted by Gasteiger charge is 2.02. The SMILES string of the molecule is CCc1ccc2[nH]cc(OC)c2c1. The number of aryl methyl sites for hydroxylation is 1. The monoisotopic (exact) mass is 175 g/mol. The molecule has 13 heavy (non-hydrogen) atoms. The highest BCUT2D eigenvalue weighted by molar-refractivity contribution is 5.86. The summed E-state index contributed by atoms with van der Waals surface area (Å²) in [6, 6.07) is 6.40. The van der Waals surface area contributed by atoms with Crippen LogP contribution in [0.15, 0.2) is 24.4 Å². The number of H-pyrrole nitrogens is 1. The summed E-state index contributed by atoms with van der Waals surface area (Å²) in [5.41, 5.74) is 2.47. The van der Waals surface area contributed by atoms with Crippen LogP contribution in [0.25, 0.3) is 10.9 Å².